The highest BCUT2D eigenvalue weighted by molar-refractivity contribution is 9.10. The van der Waals surface area contributed by atoms with Gasteiger partial charge in [-0.05, 0) is 40.2 Å². The normalized spacial score (nSPS) is 11.9. The van der Waals surface area contributed by atoms with Crippen molar-refractivity contribution in [2.24, 2.45) is 0 Å². The second-order valence-electron chi connectivity index (χ2n) is 4.50. The van der Waals surface area contributed by atoms with E-state index in [1.807, 2.05) is 6.07 Å². The standard InChI is InChI=1S/C14H6BrClN2O2/c15-7-3-1-5-9-11(7)13(19)18-14(20)12-8(16)4-2-6-10(12)17(9)18/h1-6H. The Bertz CT molecular complexity index is 1030. The number of fused-ring (bicyclic) bond motifs is 5. The molecule has 0 fully saturated rings. The molecule has 2 aromatic heterocycles. The van der Waals surface area contributed by atoms with E-state index in [2.05, 4.69) is 15.9 Å². The van der Waals surface area contributed by atoms with Crippen molar-refractivity contribution < 1.29 is 0 Å². The maximum absolute atomic E-state index is 12.5. The van der Waals surface area contributed by atoms with Crippen LogP contribution in [0.2, 0.25) is 5.02 Å². The summed E-state index contributed by atoms with van der Waals surface area (Å²) in [5, 5.41) is 1.21. The molecule has 20 heavy (non-hydrogen) atoms. The van der Waals surface area contributed by atoms with Crippen molar-refractivity contribution in [1.82, 2.24) is 9.03 Å². The van der Waals surface area contributed by atoms with E-state index < -0.39 is 5.56 Å². The fourth-order valence-electron chi connectivity index (χ4n) is 2.63. The van der Waals surface area contributed by atoms with Gasteiger partial charge in [-0.1, -0.05) is 23.7 Å². The molecule has 0 radical (unpaired) electrons. The third-order valence-corrected chi connectivity index (χ3v) is 4.43. The van der Waals surface area contributed by atoms with Crippen LogP contribution in [-0.2, 0) is 0 Å². The lowest BCUT2D eigenvalue weighted by atomic mass is 10.2. The maximum Gasteiger partial charge on any atom is 0.283 e. The van der Waals surface area contributed by atoms with Crippen molar-refractivity contribution in [1.29, 1.82) is 0 Å². The molecule has 4 rings (SSSR count). The monoisotopic (exact) mass is 348 g/mol. The van der Waals surface area contributed by atoms with Crippen LogP contribution in [0.15, 0.2) is 50.5 Å². The van der Waals surface area contributed by atoms with Gasteiger partial charge in [0.1, 0.15) is 0 Å². The molecule has 2 heterocycles. The van der Waals surface area contributed by atoms with Crippen LogP contribution in [-0.4, -0.2) is 9.03 Å². The lowest BCUT2D eigenvalue weighted by Gasteiger charge is -1.96. The molecule has 6 heteroatoms. The molecule has 0 saturated carbocycles. The van der Waals surface area contributed by atoms with Crippen molar-refractivity contribution >= 4 is 49.3 Å². The largest absolute Gasteiger partial charge is 0.283 e. The Morgan fingerprint density at radius 1 is 0.850 bits per heavy atom. The first kappa shape index (κ1) is 11.9. The summed E-state index contributed by atoms with van der Waals surface area (Å²) < 4.78 is 3.42. The Morgan fingerprint density at radius 3 is 2.20 bits per heavy atom. The molecule has 2 aromatic carbocycles. The second kappa shape index (κ2) is 3.84. The topological polar surface area (TPSA) is 43.0 Å². The Kier molecular flexibility index (Phi) is 2.29. The first-order chi connectivity index (χ1) is 9.61. The minimum atomic E-state index is -0.390. The van der Waals surface area contributed by atoms with Gasteiger partial charge in [-0.2, -0.15) is 4.52 Å². The van der Waals surface area contributed by atoms with Crippen LogP contribution >= 0.6 is 27.5 Å². The molecule has 0 saturated heterocycles. The molecule has 4 nitrogen and oxygen atoms in total. The Morgan fingerprint density at radius 2 is 1.45 bits per heavy atom. The van der Waals surface area contributed by atoms with E-state index in [0.717, 1.165) is 4.52 Å². The summed E-state index contributed by atoms with van der Waals surface area (Å²) in [6.07, 6.45) is 0. The maximum atomic E-state index is 12.5. The SMILES string of the molecule is O=c1c2c(Cl)cccc2n2c3cccc(Br)c3c(=O)n12. The summed E-state index contributed by atoms with van der Waals surface area (Å²) in [5.74, 6) is 0. The average Bonchev–Trinajstić information content (AvgIpc) is 2.88. The summed E-state index contributed by atoms with van der Waals surface area (Å²) in [6.45, 7) is 0. The van der Waals surface area contributed by atoms with E-state index >= 15 is 0 Å². The summed E-state index contributed by atoms with van der Waals surface area (Å²) in [4.78, 5) is 24.9. The molecule has 0 aliphatic carbocycles. The van der Waals surface area contributed by atoms with Gasteiger partial charge in [0.05, 0.1) is 26.8 Å². The molecule has 0 N–H and O–H groups in total. The molecule has 0 aliphatic rings. The van der Waals surface area contributed by atoms with Gasteiger partial charge in [0.2, 0.25) is 0 Å². The highest BCUT2D eigenvalue weighted by atomic mass is 79.9. The zero-order valence-corrected chi connectivity index (χ0v) is 12.3. The minimum absolute atomic E-state index is 0.343. The molecular formula is C14H6BrClN2O2. The fraction of sp³-hybridized carbons (Fsp3) is 0. The van der Waals surface area contributed by atoms with Crippen LogP contribution in [0.4, 0.5) is 0 Å². The molecule has 98 valence electrons. The number of nitrogens with zero attached hydrogens (tertiary/aromatic N) is 2. The minimum Gasteiger partial charge on any atom is -0.267 e. The lowest BCUT2D eigenvalue weighted by molar-refractivity contribution is 0.841. The first-order valence-corrected chi connectivity index (χ1v) is 7.04. The number of halogens is 2. The van der Waals surface area contributed by atoms with Crippen LogP contribution in [0, 0.1) is 0 Å². The number of aromatic nitrogens is 2. The van der Waals surface area contributed by atoms with Gasteiger partial charge >= 0.3 is 0 Å². The van der Waals surface area contributed by atoms with Crippen molar-refractivity contribution in [2.75, 3.05) is 0 Å². The predicted molar refractivity (Wildman–Crippen MR) is 82.3 cm³/mol. The molecule has 0 spiro atoms. The van der Waals surface area contributed by atoms with E-state index in [9.17, 15) is 9.59 Å². The third kappa shape index (κ3) is 1.26. The van der Waals surface area contributed by atoms with Gasteiger partial charge in [-0.15, -0.1) is 0 Å². The molecule has 0 unspecified atom stereocenters. The number of benzene rings is 2. The van der Waals surface area contributed by atoms with Crippen molar-refractivity contribution in [3.05, 3.63) is 66.6 Å². The van der Waals surface area contributed by atoms with Crippen LogP contribution < -0.4 is 11.1 Å². The quantitative estimate of drug-likeness (QED) is 0.490. The molecule has 0 amide bonds. The van der Waals surface area contributed by atoms with Gasteiger partial charge in [0.15, 0.2) is 0 Å². The van der Waals surface area contributed by atoms with Crippen molar-refractivity contribution in [3.8, 4) is 0 Å². The molecule has 4 aromatic rings. The highest BCUT2D eigenvalue weighted by Crippen LogP contribution is 2.25. The second-order valence-corrected chi connectivity index (χ2v) is 5.76. The van der Waals surface area contributed by atoms with Crippen molar-refractivity contribution in [3.63, 3.8) is 0 Å². The Balaban J connectivity index is 2.51. The summed E-state index contributed by atoms with van der Waals surface area (Å²) >= 11 is 9.45. The van der Waals surface area contributed by atoms with E-state index in [4.69, 9.17) is 11.6 Å². The number of hydrogen-bond acceptors (Lipinski definition) is 2. The fourth-order valence-corrected chi connectivity index (χ4v) is 3.41. The van der Waals surface area contributed by atoms with E-state index in [-0.39, 0.29) is 5.56 Å². The van der Waals surface area contributed by atoms with Gasteiger partial charge in [-0.3, -0.25) is 9.59 Å². The van der Waals surface area contributed by atoms with E-state index in [1.54, 1.807) is 34.8 Å². The van der Waals surface area contributed by atoms with Crippen LogP contribution in [0.25, 0.3) is 21.8 Å². The summed E-state index contributed by atoms with van der Waals surface area (Å²) in [7, 11) is 0. The molecule has 0 atom stereocenters. The van der Waals surface area contributed by atoms with Gasteiger partial charge in [-0.25, -0.2) is 4.52 Å². The molecular weight excluding hydrogens is 344 g/mol. The van der Waals surface area contributed by atoms with Crippen LogP contribution in [0.5, 0.6) is 0 Å². The van der Waals surface area contributed by atoms with E-state index in [1.165, 1.54) is 0 Å². The summed E-state index contributed by atoms with van der Waals surface area (Å²) in [5.41, 5.74) is 0.579. The average molecular weight is 350 g/mol. The van der Waals surface area contributed by atoms with E-state index in [0.29, 0.717) is 31.3 Å². The van der Waals surface area contributed by atoms with Crippen LogP contribution in [0.3, 0.4) is 0 Å². The third-order valence-electron chi connectivity index (χ3n) is 3.45. The zero-order chi connectivity index (χ0) is 14.0. The zero-order valence-electron chi connectivity index (χ0n) is 9.93. The predicted octanol–water partition coefficient (Wildman–Crippen LogP) is 2.92. The smallest absolute Gasteiger partial charge is 0.267 e. The Labute approximate surface area is 125 Å². The van der Waals surface area contributed by atoms with Gasteiger partial charge in [0, 0.05) is 4.47 Å². The summed E-state index contributed by atoms with van der Waals surface area (Å²) in [6, 6.07) is 10.6. The molecule has 0 aliphatic heterocycles. The first-order valence-electron chi connectivity index (χ1n) is 5.87. The lowest BCUT2D eigenvalue weighted by Crippen LogP contribution is -2.21. The molecule has 0 bridgehead atoms. The van der Waals surface area contributed by atoms with Crippen molar-refractivity contribution in [2.45, 2.75) is 0 Å². The Hall–Kier alpha value is -1.85. The van der Waals surface area contributed by atoms with Gasteiger partial charge < -0.3 is 0 Å². The number of rotatable bonds is 0. The van der Waals surface area contributed by atoms with Gasteiger partial charge in [0.25, 0.3) is 11.1 Å². The highest BCUT2D eigenvalue weighted by Gasteiger charge is 2.19. The number of hydrogen-bond donors (Lipinski definition) is 0. The van der Waals surface area contributed by atoms with Crippen LogP contribution in [0.1, 0.15) is 0 Å².